The van der Waals surface area contributed by atoms with Gasteiger partial charge in [-0.05, 0) is 66.4 Å². The van der Waals surface area contributed by atoms with Gasteiger partial charge in [-0.25, -0.2) is 8.42 Å². The molecule has 0 spiro atoms. The highest BCUT2D eigenvalue weighted by molar-refractivity contribution is 7.92. The van der Waals surface area contributed by atoms with Crippen LogP contribution in [0.5, 0.6) is 0 Å². The fourth-order valence-electron chi connectivity index (χ4n) is 3.10. The van der Waals surface area contributed by atoms with Crippen molar-refractivity contribution >= 4 is 38.9 Å². The second-order valence-electron chi connectivity index (χ2n) is 6.97. The molecule has 0 bridgehead atoms. The summed E-state index contributed by atoms with van der Waals surface area (Å²) in [5.74, 6) is -0.250. The smallest absolute Gasteiger partial charge is 0.305 e. The van der Waals surface area contributed by atoms with E-state index < -0.39 is 10.0 Å². The van der Waals surface area contributed by atoms with Crippen LogP contribution >= 0.6 is 11.6 Å². The van der Waals surface area contributed by atoms with Crippen molar-refractivity contribution in [3.63, 3.8) is 0 Å². The number of aromatic nitrogens is 1. The third-order valence-corrected chi connectivity index (χ3v) is 6.33. The molecule has 6 nitrogen and oxygen atoms in total. The molecule has 8 heteroatoms. The van der Waals surface area contributed by atoms with Crippen LogP contribution in [-0.4, -0.2) is 26.5 Å². The van der Waals surface area contributed by atoms with Crippen LogP contribution in [0.2, 0.25) is 5.02 Å². The molecule has 0 atom stereocenters. The number of rotatable bonds is 9. The van der Waals surface area contributed by atoms with Crippen molar-refractivity contribution < 1.29 is 17.9 Å². The van der Waals surface area contributed by atoms with Gasteiger partial charge in [-0.3, -0.25) is 14.5 Å². The number of nitrogens with zero attached hydrogens (tertiary/aromatic N) is 1. The average molecular weight is 471 g/mol. The Hall–Kier alpha value is -3.16. The van der Waals surface area contributed by atoms with Gasteiger partial charge in [-0.15, -0.1) is 0 Å². The molecule has 1 N–H and O–H groups in total. The van der Waals surface area contributed by atoms with Gasteiger partial charge in [0.1, 0.15) is 0 Å². The summed E-state index contributed by atoms with van der Waals surface area (Å²) in [6.45, 7) is 0. The molecule has 0 saturated heterocycles. The number of unbranched alkanes of at least 4 members (excludes halogenated alkanes) is 1. The van der Waals surface area contributed by atoms with Crippen molar-refractivity contribution in [1.29, 1.82) is 0 Å². The molecule has 0 fully saturated rings. The third-order valence-electron chi connectivity index (χ3n) is 4.68. The Morgan fingerprint density at radius 1 is 1.09 bits per heavy atom. The molecular formula is C24H23ClN2O4S. The van der Waals surface area contributed by atoms with E-state index in [9.17, 15) is 13.2 Å². The molecule has 0 aliphatic carbocycles. The van der Waals surface area contributed by atoms with Gasteiger partial charge in [0, 0.05) is 35.1 Å². The van der Waals surface area contributed by atoms with Crippen LogP contribution < -0.4 is 4.72 Å². The second-order valence-corrected chi connectivity index (χ2v) is 9.09. The Labute approximate surface area is 193 Å². The maximum Gasteiger partial charge on any atom is 0.305 e. The largest absolute Gasteiger partial charge is 0.469 e. The first kappa shape index (κ1) is 23.5. The van der Waals surface area contributed by atoms with E-state index in [1.165, 1.54) is 31.4 Å². The highest BCUT2D eigenvalue weighted by Gasteiger charge is 2.15. The quantitative estimate of drug-likeness (QED) is 0.338. The van der Waals surface area contributed by atoms with Crippen LogP contribution in [0.15, 0.2) is 84.0 Å². The summed E-state index contributed by atoms with van der Waals surface area (Å²) in [4.78, 5) is 15.7. The zero-order valence-corrected chi connectivity index (χ0v) is 19.1. The first-order chi connectivity index (χ1) is 15.4. The van der Waals surface area contributed by atoms with Gasteiger partial charge in [0.2, 0.25) is 0 Å². The van der Waals surface area contributed by atoms with Gasteiger partial charge < -0.3 is 4.74 Å². The first-order valence-corrected chi connectivity index (χ1v) is 11.8. The van der Waals surface area contributed by atoms with E-state index >= 15 is 0 Å². The molecule has 166 valence electrons. The number of carbonyl (C=O) groups is 1. The van der Waals surface area contributed by atoms with E-state index in [-0.39, 0.29) is 10.9 Å². The van der Waals surface area contributed by atoms with Gasteiger partial charge >= 0.3 is 5.97 Å². The molecule has 3 aromatic rings. The number of benzene rings is 2. The summed E-state index contributed by atoms with van der Waals surface area (Å²) in [6, 6.07) is 16.9. The van der Waals surface area contributed by atoms with Crippen molar-refractivity contribution in [3.8, 4) is 0 Å². The Balaban J connectivity index is 1.87. The second kappa shape index (κ2) is 10.9. The number of allylic oxidation sites excluding steroid dienone is 1. The highest BCUT2D eigenvalue weighted by atomic mass is 35.5. The van der Waals surface area contributed by atoms with Gasteiger partial charge in [0.25, 0.3) is 10.0 Å². The molecular weight excluding hydrogens is 448 g/mol. The molecule has 0 saturated carbocycles. The number of anilines is 1. The summed E-state index contributed by atoms with van der Waals surface area (Å²) >= 11 is 5.86. The van der Waals surface area contributed by atoms with Gasteiger partial charge in [0.05, 0.1) is 12.0 Å². The summed E-state index contributed by atoms with van der Waals surface area (Å²) in [7, 11) is -2.39. The van der Waals surface area contributed by atoms with Crippen LogP contribution in [0.4, 0.5) is 5.69 Å². The normalized spacial score (nSPS) is 11.8. The monoisotopic (exact) mass is 470 g/mol. The number of halogens is 1. The summed E-state index contributed by atoms with van der Waals surface area (Å²) in [5.41, 5.74) is 3.05. The minimum Gasteiger partial charge on any atom is -0.469 e. The Kier molecular flexibility index (Phi) is 8.03. The fraction of sp³-hybridized carbons (Fsp3) is 0.167. The lowest BCUT2D eigenvalue weighted by Crippen LogP contribution is -2.12. The van der Waals surface area contributed by atoms with Gasteiger partial charge in [0.15, 0.2) is 0 Å². The van der Waals surface area contributed by atoms with E-state index in [1.54, 1.807) is 30.6 Å². The molecule has 3 rings (SSSR count). The standard InChI is InChI=1S/C24H23ClN2O4S/c1-31-24(28)10-3-2-9-23(19-7-5-15-26-17-19)18-6-4-8-21(16-18)27-32(29,30)22-13-11-20(25)12-14-22/h4-9,11-17,27H,2-3,10H2,1H3/b23-9+. The van der Waals surface area contributed by atoms with Gasteiger partial charge in [-0.1, -0.05) is 35.9 Å². The van der Waals surface area contributed by atoms with Crippen LogP contribution in [0.1, 0.15) is 30.4 Å². The van der Waals surface area contributed by atoms with Crippen LogP contribution in [0, 0.1) is 0 Å². The molecule has 2 aromatic carbocycles. The van der Waals surface area contributed by atoms with Crippen molar-refractivity contribution in [3.05, 3.63) is 95.3 Å². The average Bonchev–Trinajstić information content (AvgIpc) is 2.79. The number of nitrogens with one attached hydrogen (secondary N) is 1. The van der Waals surface area contributed by atoms with Crippen molar-refractivity contribution in [2.24, 2.45) is 0 Å². The van der Waals surface area contributed by atoms with E-state index in [0.29, 0.717) is 30.0 Å². The third kappa shape index (κ3) is 6.42. The Morgan fingerprint density at radius 2 is 1.84 bits per heavy atom. The molecule has 0 amide bonds. The first-order valence-electron chi connectivity index (χ1n) is 9.95. The maximum absolute atomic E-state index is 12.7. The molecule has 32 heavy (non-hydrogen) atoms. The van der Waals surface area contributed by atoms with Crippen molar-refractivity contribution in [1.82, 2.24) is 4.98 Å². The zero-order chi connectivity index (χ0) is 23.0. The van der Waals surface area contributed by atoms with Crippen LogP contribution in [0.3, 0.4) is 0 Å². The zero-order valence-electron chi connectivity index (χ0n) is 17.5. The van der Waals surface area contributed by atoms with Crippen molar-refractivity contribution in [2.45, 2.75) is 24.2 Å². The van der Waals surface area contributed by atoms with Gasteiger partial charge in [-0.2, -0.15) is 0 Å². The Morgan fingerprint density at radius 3 is 2.53 bits per heavy atom. The number of esters is 1. The highest BCUT2D eigenvalue weighted by Crippen LogP contribution is 2.27. The van der Waals surface area contributed by atoms with E-state index in [0.717, 1.165) is 16.7 Å². The number of sulfonamides is 1. The predicted octanol–water partition coefficient (Wildman–Crippen LogP) is 5.31. The lowest BCUT2D eigenvalue weighted by molar-refractivity contribution is -0.140. The molecule has 0 radical (unpaired) electrons. The number of pyridine rings is 1. The summed E-state index contributed by atoms with van der Waals surface area (Å²) in [5, 5.41) is 0.462. The lowest BCUT2D eigenvalue weighted by Gasteiger charge is -2.12. The van der Waals surface area contributed by atoms with Crippen LogP contribution in [0.25, 0.3) is 5.57 Å². The molecule has 1 aromatic heterocycles. The minimum absolute atomic E-state index is 0.123. The van der Waals surface area contributed by atoms with E-state index in [2.05, 4.69) is 14.4 Å². The molecule has 0 aliphatic rings. The predicted molar refractivity (Wildman–Crippen MR) is 126 cm³/mol. The lowest BCUT2D eigenvalue weighted by atomic mass is 9.97. The molecule has 0 unspecified atom stereocenters. The molecule has 1 heterocycles. The fourth-order valence-corrected chi connectivity index (χ4v) is 4.27. The molecule has 0 aliphatic heterocycles. The number of ether oxygens (including phenoxy) is 1. The van der Waals surface area contributed by atoms with Crippen LogP contribution in [-0.2, 0) is 19.6 Å². The minimum atomic E-state index is -3.76. The Bertz CT molecular complexity index is 1190. The van der Waals surface area contributed by atoms with E-state index in [4.69, 9.17) is 11.6 Å². The van der Waals surface area contributed by atoms with E-state index in [1.807, 2.05) is 24.3 Å². The maximum atomic E-state index is 12.7. The summed E-state index contributed by atoms with van der Waals surface area (Å²) in [6.07, 6.45) is 7.08. The summed E-state index contributed by atoms with van der Waals surface area (Å²) < 4.78 is 32.8. The number of hydrogen-bond acceptors (Lipinski definition) is 5. The number of hydrogen-bond donors (Lipinski definition) is 1. The van der Waals surface area contributed by atoms with Crippen molar-refractivity contribution in [2.75, 3.05) is 11.8 Å². The number of carbonyl (C=O) groups excluding carboxylic acids is 1. The SMILES string of the molecule is COC(=O)CCC/C=C(/c1cccnc1)c1cccc(NS(=O)(=O)c2ccc(Cl)cc2)c1. The number of methoxy groups -OCH3 is 1. The topological polar surface area (TPSA) is 85.4 Å².